The SMILES string of the molecule is CCN(CC)Cc1ccc(CNC(=O)C(=O)Nc2cc(C)ccc2F)cc1. The van der Waals surface area contributed by atoms with E-state index in [4.69, 9.17) is 0 Å². The number of benzene rings is 2. The predicted molar refractivity (Wildman–Crippen MR) is 105 cm³/mol. The van der Waals surface area contributed by atoms with Crippen molar-refractivity contribution in [2.45, 2.75) is 33.9 Å². The molecule has 0 unspecified atom stereocenters. The predicted octanol–water partition coefficient (Wildman–Crippen LogP) is 3.23. The van der Waals surface area contributed by atoms with Crippen molar-refractivity contribution in [1.29, 1.82) is 0 Å². The van der Waals surface area contributed by atoms with Crippen LogP contribution in [0, 0.1) is 12.7 Å². The summed E-state index contributed by atoms with van der Waals surface area (Å²) in [6.07, 6.45) is 0. The highest BCUT2D eigenvalue weighted by Crippen LogP contribution is 2.15. The van der Waals surface area contributed by atoms with Crippen LogP contribution < -0.4 is 10.6 Å². The number of anilines is 1. The van der Waals surface area contributed by atoms with Gasteiger partial charge >= 0.3 is 11.8 Å². The topological polar surface area (TPSA) is 61.4 Å². The maximum Gasteiger partial charge on any atom is 0.313 e. The largest absolute Gasteiger partial charge is 0.344 e. The van der Waals surface area contributed by atoms with Gasteiger partial charge in [-0.15, -0.1) is 0 Å². The normalized spacial score (nSPS) is 10.7. The summed E-state index contributed by atoms with van der Waals surface area (Å²) in [5.41, 5.74) is 2.87. The minimum atomic E-state index is -0.891. The number of nitrogens with one attached hydrogen (secondary N) is 2. The lowest BCUT2D eigenvalue weighted by Gasteiger charge is -2.18. The molecule has 0 heterocycles. The number of hydrogen-bond donors (Lipinski definition) is 2. The van der Waals surface area contributed by atoms with E-state index in [1.807, 2.05) is 24.3 Å². The second-order valence-electron chi connectivity index (χ2n) is 6.40. The number of aryl methyl sites for hydroxylation is 1. The van der Waals surface area contributed by atoms with Gasteiger partial charge in [-0.25, -0.2) is 4.39 Å². The fourth-order valence-electron chi connectivity index (χ4n) is 2.64. The Balaban J connectivity index is 1.87. The molecule has 0 aliphatic carbocycles. The lowest BCUT2D eigenvalue weighted by Crippen LogP contribution is -2.35. The summed E-state index contributed by atoms with van der Waals surface area (Å²) in [6.45, 7) is 9.12. The Bertz CT molecular complexity index is 787. The molecule has 6 heteroatoms. The Morgan fingerprint density at radius 3 is 2.22 bits per heavy atom. The number of carbonyl (C=O) groups is 2. The van der Waals surface area contributed by atoms with Gasteiger partial charge in [0.2, 0.25) is 0 Å². The van der Waals surface area contributed by atoms with Gasteiger partial charge in [0.05, 0.1) is 5.69 Å². The van der Waals surface area contributed by atoms with Gasteiger partial charge in [0, 0.05) is 13.1 Å². The first-order valence-corrected chi connectivity index (χ1v) is 9.08. The van der Waals surface area contributed by atoms with E-state index in [0.29, 0.717) is 0 Å². The summed E-state index contributed by atoms with van der Waals surface area (Å²) in [4.78, 5) is 26.2. The number of halogens is 1. The summed E-state index contributed by atoms with van der Waals surface area (Å²) in [5, 5.41) is 4.85. The van der Waals surface area contributed by atoms with Crippen molar-refractivity contribution in [3.05, 3.63) is 65.0 Å². The lowest BCUT2D eigenvalue weighted by molar-refractivity contribution is -0.136. The van der Waals surface area contributed by atoms with E-state index < -0.39 is 17.6 Å². The maximum atomic E-state index is 13.7. The number of rotatable bonds is 7. The van der Waals surface area contributed by atoms with Gasteiger partial charge in [-0.05, 0) is 48.8 Å². The van der Waals surface area contributed by atoms with E-state index in [1.165, 1.54) is 17.7 Å². The first-order valence-electron chi connectivity index (χ1n) is 9.08. The van der Waals surface area contributed by atoms with Gasteiger partial charge in [0.25, 0.3) is 0 Å². The van der Waals surface area contributed by atoms with Crippen LogP contribution in [0.2, 0.25) is 0 Å². The molecule has 0 bridgehead atoms. The van der Waals surface area contributed by atoms with E-state index in [9.17, 15) is 14.0 Å². The molecular weight excluding hydrogens is 345 g/mol. The Kier molecular flexibility index (Phi) is 7.49. The van der Waals surface area contributed by atoms with Gasteiger partial charge in [-0.1, -0.05) is 44.2 Å². The average Bonchev–Trinajstić information content (AvgIpc) is 2.67. The molecule has 2 amide bonds. The molecule has 2 rings (SSSR count). The van der Waals surface area contributed by atoms with Gasteiger partial charge in [0.1, 0.15) is 5.82 Å². The standard InChI is InChI=1S/C21H26FN3O2/c1-4-25(5-2)14-17-9-7-16(8-10-17)13-23-20(26)21(27)24-19-12-15(3)6-11-18(19)22/h6-12H,4-5,13-14H2,1-3H3,(H,23,26)(H,24,27). The highest BCUT2D eigenvalue weighted by Gasteiger charge is 2.15. The van der Waals surface area contributed by atoms with E-state index in [2.05, 4.69) is 29.4 Å². The molecular formula is C21H26FN3O2. The van der Waals surface area contributed by atoms with E-state index >= 15 is 0 Å². The zero-order chi connectivity index (χ0) is 19.8. The summed E-state index contributed by atoms with van der Waals surface area (Å²) in [6, 6.07) is 12.2. The second kappa shape index (κ2) is 9.83. The molecule has 0 spiro atoms. The fourth-order valence-corrected chi connectivity index (χ4v) is 2.64. The van der Waals surface area contributed by atoms with Crippen LogP contribution in [0.25, 0.3) is 0 Å². The third-order valence-corrected chi connectivity index (χ3v) is 4.35. The highest BCUT2D eigenvalue weighted by molar-refractivity contribution is 6.39. The molecule has 2 aromatic carbocycles. The fraction of sp³-hybridized carbons (Fsp3) is 0.333. The quantitative estimate of drug-likeness (QED) is 0.735. The molecule has 5 nitrogen and oxygen atoms in total. The first-order chi connectivity index (χ1) is 12.9. The molecule has 0 saturated carbocycles. The van der Waals surface area contributed by atoms with Crippen molar-refractivity contribution in [3.63, 3.8) is 0 Å². The van der Waals surface area contributed by atoms with Gasteiger partial charge < -0.3 is 10.6 Å². The van der Waals surface area contributed by atoms with Crippen molar-refractivity contribution < 1.29 is 14.0 Å². The molecule has 0 aromatic heterocycles. The lowest BCUT2D eigenvalue weighted by atomic mass is 10.1. The van der Waals surface area contributed by atoms with Crippen LogP contribution in [0.15, 0.2) is 42.5 Å². The first kappa shape index (κ1) is 20.6. The van der Waals surface area contributed by atoms with Crippen molar-refractivity contribution in [2.75, 3.05) is 18.4 Å². The maximum absolute atomic E-state index is 13.7. The number of carbonyl (C=O) groups excluding carboxylic acids is 2. The van der Waals surface area contributed by atoms with Crippen LogP contribution in [0.5, 0.6) is 0 Å². The van der Waals surface area contributed by atoms with Crippen molar-refractivity contribution >= 4 is 17.5 Å². The minimum absolute atomic E-state index is 0.00379. The molecule has 27 heavy (non-hydrogen) atoms. The Hall–Kier alpha value is -2.73. The van der Waals surface area contributed by atoms with Crippen LogP contribution in [-0.2, 0) is 22.7 Å². The van der Waals surface area contributed by atoms with Crippen LogP contribution in [0.4, 0.5) is 10.1 Å². The third kappa shape index (κ3) is 6.18. The zero-order valence-electron chi connectivity index (χ0n) is 16.0. The average molecular weight is 371 g/mol. The minimum Gasteiger partial charge on any atom is -0.344 e. The number of amides is 2. The molecule has 0 radical (unpaired) electrons. The summed E-state index contributed by atoms with van der Waals surface area (Å²) in [7, 11) is 0. The molecule has 0 saturated heterocycles. The van der Waals surface area contributed by atoms with Gasteiger partial charge in [-0.2, -0.15) is 0 Å². The monoisotopic (exact) mass is 371 g/mol. The zero-order valence-corrected chi connectivity index (χ0v) is 16.0. The van der Waals surface area contributed by atoms with Crippen molar-refractivity contribution in [3.8, 4) is 0 Å². The molecule has 0 aliphatic heterocycles. The highest BCUT2D eigenvalue weighted by atomic mass is 19.1. The van der Waals surface area contributed by atoms with Crippen LogP contribution in [0.3, 0.4) is 0 Å². The Morgan fingerprint density at radius 2 is 1.59 bits per heavy atom. The third-order valence-electron chi connectivity index (χ3n) is 4.35. The van der Waals surface area contributed by atoms with Crippen LogP contribution in [0.1, 0.15) is 30.5 Å². The summed E-state index contributed by atoms with van der Waals surface area (Å²) >= 11 is 0. The molecule has 2 N–H and O–H groups in total. The van der Waals surface area contributed by atoms with Crippen LogP contribution in [-0.4, -0.2) is 29.8 Å². The van der Waals surface area contributed by atoms with Crippen LogP contribution >= 0.6 is 0 Å². The van der Waals surface area contributed by atoms with Crippen molar-refractivity contribution in [2.24, 2.45) is 0 Å². The van der Waals surface area contributed by atoms with Gasteiger partial charge in [0.15, 0.2) is 0 Å². The smallest absolute Gasteiger partial charge is 0.313 e. The van der Waals surface area contributed by atoms with Gasteiger partial charge in [-0.3, -0.25) is 14.5 Å². The Morgan fingerprint density at radius 1 is 0.963 bits per heavy atom. The number of hydrogen-bond acceptors (Lipinski definition) is 3. The molecule has 0 atom stereocenters. The molecule has 144 valence electrons. The van der Waals surface area contributed by atoms with E-state index in [-0.39, 0.29) is 12.2 Å². The summed E-state index contributed by atoms with van der Waals surface area (Å²) in [5.74, 6) is -2.27. The second-order valence-corrected chi connectivity index (χ2v) is 6.40. The Labute approximate surface area is 159 Å². The molecule has 0 aliphatic rings. The summed E-state index contributed by atoms with van der Waals surface area (Å²) < 4.78 is 13.7. The van der Waals surface area contributed by atoms with E-state index in [1.54, 1.807) is 13.0 Å². The molecule has 0 fully saturated rings. The number of nitrogens with zero attached hydrogens (tertiary/aromatic N) is 1. The molecule has 2 aromatic rings. The van der Waals surface area contributed by atoms with Crippen molar-refractivity contribution in [1.82, 2.24) is 10.2 Å². The van der Waals surface area contributed by atoms with E-state index in [0.717, 1.165) is 30.8 Å².